The third kappa shape index (κ3) is 4.44. The summed E-state index contributed by atoms with van der Waals surface area (Å²) in [6, 6.07) is 13.9. The lowest BCUT2D eigenvalue weighted by Crippen LogP contribution is -2.47. The molecule has 37 heavy (non-hydrogen) atoms. The van der Waals surface area contributed by atoms with Crippen LogP contribution in [-0.4, -0.2) is 56.8 Å². The molecule has 1 aliphatic rings. The Morgan fingerprint density at radius 3 is 2.59 bits per heavy atom. The maximum Gasteiger partial charge on any atom is 0.281 e. The van der Waals surface area contributed by atoms with Crippen LogP contribution in [0.5, 0.6) is 0 Å². The Balaban J connectivity index is 1.19. The summed E-state index contributed by atoms with van der Waals surface area (Å²) in [5.41, 5.74) is 11.1. The van der Waals surface area contributed by atoms with Crippen LogP contribution in [0.4, 0.5) is 0 Å². The summed E-state index contributed by atoms with van der Waals surface area (Å²) >= 11 is 1.23. The molecule has 0 radical (unpaired) electrons. The molecule has 0 unspecified atom stereocenters. The monoisotopic (exact) mass is 516 g/mol. The topological polar surface area (TPSA) is 128 Å². The number of fused-ring (bicyclic) bond motifs is 2. The Bertz CT molecular complexity index is 1630. The zero-order valence-corrected chi connectivity index (χ0v) is 21.4. The Kier molecular flexibility index (Phi) is 6.07. The fraction of sp³-hybridized carbons (Fsp3) is 0.346. The van der Waals surface area contributed by atoms with Crippen LogP contribution in [0.15, 0.2) is 53.6 Å². The van der Waals surface area contributed by atoms with E-state index in [-0.39, 0.29) is 12.1 Å². The number of benzene rings is 2. The highest BCUT2D eigenvalue weighted by Gasteiger charge is 2.33. The van der Waals surface area contributed by atoms with Gasteiger partial charge in [0.1, 0.15) is 16.6 Å². The number of rotatable bonds is 6. The lowest BCUT2D eigenvalue weighted by atomic mass is 9.91. The summed E-state index contributed by atoms with van der Waals surface area (Å²) in [6.07, 6.45) is 2.65. The highest BCUT2D eigenvalue weighted by molar-refractivity contribution is 7.00. The summed E-state index contributed by atoms with van der Waals surface area (Å²) in [7, 11) is 1.81. The van der Waals surface area contributed by atoms with E-state index in [9.17, 15) is 9.90 Å². The van der Waals surface area contributed by atoms with E-state index in [1.807, 2.05) is 43.4 Å². The van der Waals surface area contributed by atoms with Crippen LogP contribution in [0.1, 0.15) is 24.0 Å². The molecule has 0 spiro atoms. The Labute approximate surface area is 217 Å². The van der Waals surface area contributed by atoms with Crippen molar-refractivity contribution in [1.29, 1.82) is 0 Å². The molecule has 0 aliphatic carbocycles. The molecule has 5 aromatic rings. The number of hydrogen-bond acceptors (Lipinski definition) is 9. The summed E-state index contributed by atoms with van der Waals surface area (Å²) in [4.78, 5) is 20.3. The number of nitrogens with zero attached hydrogens (tertiary/aromatic N) is 7. The molecule has 3 aromatic heterocycles. The van der Waals surface area contributed by atoms with Crippen molar-refractivity contribution in [2.24, 2.45) is 12.8 Å². The van der Waals surface area contributed by atoms with Gasteiger partial charge in [0, 0.05) is 38.8 Å². The summed E-state index contributed by atoms with van der Waals surface area (Å²) < 4.78 is 11.9. The van der Waals surface area contributed by atoms with Crippen LogP contribution in [0.2, 0.25) is 0 Å². The molecule has 1 fully saturated rings. The van der Waals surface area contributed by atoms with E-state index >= 15 is 0 Å². The van der Waals surface area contributed by atoms with Crippen molar-refractivity contribution in [2.45, 2.75) is 38.1 Å². The van der Waals surface area contributed by atoms with E-state index < -0.39 is 5.60 Å². The van der Waals surface area contributed by atoms with E-state index in [0.717, 1.165) is 53.1 Å². The number of aromatic nitrogens is 6. The first-order valence-electron chi connectivity index (χ1n) is 12.3. The van der Waals surface area contributed by atoms with Crippen molar-refractivity contribution in [2.75, 3.05) is 13.1 Å². The molecule has 190 valence electrons. The van der Waals surface area contributed by atoms with Gasteiger partial charge >= 0.3 is 0 Å². The van der Waals surface area contributed by atoms with Crippen molar-refractivity contribution >= 4 is 33.8 Å². The van der Waals surface area contributed by atoms with Crippen molar-refractivity contribution < 1.29 is 5.11 Å². The summed E-state index contributed by atoms with van der Waals surface area (Å²) in [6.45, 7) is 2.86. The number of aryl methyl sites for hydroxylation is 1. The van der Waals surface area contributed by atoms with Crippen LogP contribution < -0.4 is 11.3 Å². The molecule has 11 heteroatoms. The molecule has 1 aliphatic heterocycles. The minimum absolute atomic E-state index is 0.186. The van der Waals surface area contributed by atoms with E-state index in [1.165, 1.54) is 22.6 Å². The quantitative estimate of drug-likeness (QED) is 0.352. The predicted molar refractivity (Wildman–Crippen MR) is 143 cm³/mol. The fourth-order valence-corrected chi connectivity index (χ4v) is 5.73. The molecule has 4 heterocycles. The first kappa shape index (κ1) is 23.9. The Morgan fingerprint density at radius 1 is 1.05 bits per heavy atom. The van der Waals surface area contributed by atoms with Crippen LogP contribution >= 0.6 is 11.7 Å². The van der Waals surface area contributed by atoms with Gasteiger partial charge in [-0.1, -0.05) is 36.4 Å². The zero-order valence-electron chi connectivity index (χ0n) is 20.5. The van der Waals surface area contributed by atoms with Gasteiger partial charge in [0.15, 0.2) is 5.52 Å². The maximum absolute atomic E-state index is 13.3. The third-order valence-electron chi connectivity index (χ3n) is 7.29. The van der Waals surface area contributed by atoms with Gasteiger partial charge in [-0.3, -0.25) is 18.9 Å². The van der Waals surface area contributed by atoms with Gasteiger partial charge in [-0.25, -0.2) is 4.98 Å². The van der Waals surface area contributed by atoms with Gasteiger partial charge in [-0.15, -0.1) is 0 Å². The van der Waals surface area contributed by atoms with Gasteiger partial charge in [0.2, 0.25) is 0 Å². The number of nitrogens with two attached hydrogens (primary N) is 1. The minimum Gasteiger partial charge on any atom is -0.388 e. The van der Waals surface area contributed by atoms with Crippen LogP contribution in [0.25, 0.3) is 33.3 Å². The number of likely N-dealkylation sites (tertiary alicyclic amines) is 1. The highest BCUT2D eigenvalue weighted by atomic mass is 32.1. The number of hydrogen-bond donors (Lipinski definition) is 2. The first-order chi connectivity index (χ1) is 17.9. The lowest BCUT2D eigenvalue weighted by Gasteiger charge is -2.38. The second kappa shape index (κ2) is 9.42. The molecule has 0 bridgehead atoms. The molecule has 0 saturated carbocycles. The molecular formula is C26H28N8O2S. The molecule has 1 saturated heterocycles. The molecule has 6 rings (SSSR count). The Morgan fingerprint density at radius 2 is 1.84 bits per heavy atom. The molecule has 10 nitrogen and oxygen atoms in total. The van der Waals surface area contributed by atoms with Gasteiger partial charge < -0.3 is 10.8 Å². The van der Waals surface area contributed by atoms with E-state index in [0.29, 0.717) is 30.4 Å². The predicted octanol–water partition coefficient (Wildman–Crippen LogP) is 2.29. The van der Waals surface area contributed by atoms with Gasteiger partial charge in [-0.05, 0) is 30.0 Å². The standard InChI is InChI=1S/C26H28N8O2S/c1-32-24(18-7-5-17(13-27)6-8-18)22-23(29-32)25(35)34(16-28-22)15-26(36)9-11-33(12-10-26)14-19-3-2-4-20-21(19)31-37-30-20/h2-8,16,36H,9-15,27H2,1H3. The largest absolute Gasteiger partial charge is 0.388 e. The fourth-order valence-electron chi connectivity index (χ4n) is 5.16. The second-order valence-electron chi connectivity index (χ2n) is 9.80. The van der Waals surface area contributed by atoms with Crippen LogP contribution in [0.3, 0.4) is 0 Å². The number of aliphatic hydroxyl groups is 1. The summed E-state index contributed by atoms with van der Waals surface area (Å²) in [5, 5.41) is 15.8. The van der Waals surface area contributed by atoms with Crippen molar-refractivity contribution in [3.63, 3.8) is 0 Å². The van der Waals surface area contributed by atoms with E-state index in [2.05, 4.69) is 29.8 Å². The average Bonchev–Trinajstić information content (AvgIpc) is 3.52. The highest BCUT2D eigenvalue weighted by Crippen LogP contribution is 2.28. The molecule has 2 aromatic carbocycles. The van der Waals surface area contributed by atoms with Crippen molar-refractivity contribution in [3.05, 3.63) is 70.3 Å². The first-order valence-corrected chi connectivity index (χ1v) is 13.0. The smallest absolute Gasteiger partial charge is 0.281 e. The number of piperidine rings is 1. The van der Waals surface area contributed by atoms with Crippen LogP contribution in [0, 0.1) is 0 Å². The van der Waals surface area contributed by atoms with Crippen molar-refractivity contribution in [3.8, 4) is 11.3 Å². The lowest BCUT2D eigenvalue weighted by molar-refractivity contribution is -0.0364. The minimum atomic E-state index is -0.987. The van der Waals surface area contributed by atoms with E-state index in [1.54, 1.807) is 4.68 Å². The Hall–Kier alpha value is -3.51. The third-order valence-corrected chi connectivity index (χ3v) is 7.83. The van der Waals surface area contributed by atoms with Crippen LogP contribution in [-0.2, 0) is 26.7 Å². The van der Waals surface area contributed by atoms with E-state index in [4.69, 9.17) is 5.73 Å². The molecule has 3 N–H and O–H groups in total. The zero-order chi connectivity index (χ0) is 25.6. The van der Waals surface area contributed by atoms with Crippen molar-refractivity contribution in [1.82, 2.24) is 33.0 Å². The average molecular weight is 517 g/mol. The normalized spacial score (nSPS) is 16.1. The van der Waals surface area contributed by atoms with Gasteiger partial charge in [0.25, 0.3) is 5.56 Å². The van der Waals surface area contributed by atoms with Gasteiger partial charge in [-0.2, -0.15) is 13.8 Å². The molecule has 0 atom stereocenters. The maximum atomic E-state index is 13.3. The molecular weight excluding hydrogens is 488 g/mol. The molecule has 0 amide bonds. The second-order valence-corrected chi connectivity index (χ2v) is 10.3. The van der Waals surface area contributed by atoms with Gasteiger partial charge in [0.05, 0.1) is 35.9 Å². The SMILES string of the molecule is Cn1nc2c(=O)n(CC3(O)CCN(Cc4cccc5nsnc45)CC3)cnc2c1-c1ccc(CN)cc1. The summed E-state index contributed by atoms with van der Waals surface area (Å²) in [5.74, 6) is 0.